The summed E-state index contributed by atoms with van der Waals surface area (Å²) >= 11 is 3.30. The standard InChI is InChI=1S/C16H16BrNO3S/c1-3-11-18(14-7-5-4-6-8-14)22(19,20)16-12-13(17)9-10-15(16)21-2/h3-10,12H,1,11H2,2H3. The van der Waals surface area contributed by atoms with Crippen LogP contribution >= 0.6 is 15.9 Å². The number of hydrogen-bond acceptors (Lipinski definition) is 3. The summed E-state index contributed by atoms with van der Waals surface area (Å²) in [5, 5.41) is 0. The van der Waals surface area contributed by atoms with E-state index in [-0.39, 0.29) is 11.4 Å². The molecule has 0 radical (unpaired) electrons. The van der Waals surface area contributed by atoms with Crippen molar-refractivity contribution in [2.75, 3.05) is 18.0 Å². The Morgan fingerprint density at radius 2 is 1.91 bits per heavy atom. The highest BCUT2D eigenvalue weighted by Crippen LogP contribution is 2.32. The highest BCUT2D eigenvalue weighted by atomic mass is 79.9. The molecule has 116 valence electrons. The molecule has 0 amide bonds. The number of benzene rings is 2. The number of rotatable bonds is 6. The first kappa shape index (κ1) is 16.6. The van der Waals surface area contributed by atoms with Crippen molar-refractivity contribution < 1.29 is 13.2 Å². The van der Waals surface area contributed by atoms with Crippen LogP contribution in [0.15, 0.2) is 70.6 Å². The van der Waals surface area contributed by atoms with Crippen LogP contribution in [-0.4, -0.2) is 22.1 Å². The predicted octanol–water partition coefficient (Wildman–Crippen LogP) is 3.84. The lowest BCUT2D eigenvalue weighted by Crippen LogP contribution is -2.31. The second-order valence-corrected chi connectivity index (χ2v) is 7.20. The molecule has 0 saturated heterocycles. The zero-order chi connectivity index (χ0) is 16.2. The van der Waals surface area contributed by atoms with Gasteiger partial charge in [-0.2, -0.15) is 0 Å². The summed E-state index contributed by atoms with van der Waals surface area (Å²) < 4.78 is 33.2. The van der Waals surface area contributed by atoms with Crippen molar-refractivity contribution >= 4 is 31.6 Å². The van der Waals surface area contributed by atoms with E-state index in [1.54, 1.807) is 42.5 Å². The molecular weight excluding hydrogens is 366 g/mol. The van der Waals surface area contributed by atoms with Crippen LogP contribution in [0.1, 0.15) is 0 Å². The molecular formula is C16H16BrNO3S. The molecule has 0 aliphatic heterocycles. The van der Waals surface area contributed by atoms with Gasteiger partial charge in [0, 0.05) is 4.47 Å². The predicted molar refractivity (Wildman–Crippen MR) is 91.9 cm³/mol. The van der Waals surface area contributed by atoms with Gasteiger partial charge in [-0.25, -0.2) is 8.42 Å². The third-order valence-corrected chi connectivity index (χ3v) is 5.34. The zero-order valence-corrected chi connectivity index (χ0v) is 14.5. The Balaban J connectivity index is 2.60. The summed E-state index contributed by atoms with van der Waals surface area (Å²) in [7, 11) is -2.33. The molecule has 22 heavy (non-hydrogen) atoms. The van der Waals surface area contributed by atoms with Gasteiger partial charge in [0.15, 0.2) is 0 Å². The molecule has 0 aliphatic rings. The van der Waals surface area contributed by atoms with Gasteiger partial charge in [-0.1, -0.05) is 40.2 Å². The quantitative estimate of drug-likeness (QED) is 0.714. The molecule has 0 spiro atoms. The minimum Gasteiger partial charge on any atom is -0.495 e. The van der Waals surface area contributed by atoms with Crippen molar-refractivity contribution in [3.05, 3.63) is 65.7 Å². The van der Waals surface area contributed by atoms with Gasteiger partial charge in [-0.3, -0.25) is 4.31 Å². The normalized spacial score (nSPS) is 11.0. The van der Waals surface area contributed by atoms with Crippen LogP contribution in [0.5, 0.6) is 5.75 Å². The number of anilines is 1. The summed E-state index contributed by atoms with van der Waals surface area (Å²) in [6.07, 6.45) is 1.55. The van der Waals surface area contributed by atoms with Gasteiger partial charge in [-0.05, 0) is 30.3 Å². The van der Waals surface area contributed by atoms with Crippen molar-refractivity contribution in [3.63, 3.8) is 0 Å². The number of hydrogen-bond donors (Lipinski definition) is 0. The second-order valence-electron chi connectivity index (χ2n) is 4.46. The molecule has 6 heteroatoms. The zero-order valence-electron chi connectivity index (χ0n) is 12.1. The van der Waals surface area contributed by atoms with E-state index < -0.39 is 10.0 Å². The molecule has 0 heterocycles. The van der Waals surface area contributed by atoms with E-state index in [0.29, 0.717) is 15.9 Å². The summed E-state index contributed by atoms with van der Waals surface area (Å²) in [6.45, 7) is 3.82. The Bertz CT molecular complexity index is 760. The van der Waals surface area contributed by atoms with E-state index in [4.69, 9.17) is 4.74 Å². The van der Waals surface area contributed by atoms with Gasteiger partial charge < -0.3 is 4.74 Å². The maximum absolute atomic E-state index is 13.0. The Labute approximate surface area is 139 Å². The molecule has 0 fully saturated rings. The third-order valence-electron chi connectivity index (χ3n) is 3.03. The van der Waals surface area contributed by atoms with Crippen molar-refractivity contribution in [2.24, 2.45) is 0 Å². The van der Waals surface area contributed by atoms with E-state index in [1.165, 1.54) is 17.5 Å². The average Bonchev–Trinajstić information content (AvgIpc) is 2.53. The van der Waals surface area contributed by atoms with Crippen LogP contribution in [0.4, 0.5) is 5.69 Å². The Hall–Kier alpha value is -1.79. The fourth-order valence-corrected chi connectivity index (χ4v) is 4.16. The van der Waals surface area contributed by atoms with Crippen molar-refractivity contribution in [1.82, 2.24) is 0 Å². The first-order chi connectivity index (χ1) is 10.5. The lowest BCUT2D eigenvalue weighted by molar-refractivity contribution is 0.402. The monoisotopic (exact) mass is 381 g/mol. The molecule has 2 aromatic rings. The Kier molecular flexibility index (Phi) is 5.26. The number of para-hydroxylation sites is 1. The number of methoxy groups -OCH3 is 1. The number of nitrogens with zero attached hydrogens (tertiary/aromatic N) is 1. The molecule has 0 saturated carbocycles. The van der Waals surface area contributed by atoms with Crippen molar-refractivity contribution in [1.29, 1.82) is 0 Å². The molecule has 2 rings (SSSR count). The van der Waals surface area contributed by atoms with E-state index in [9.17, 15) is 8.42 Å². The van der Waals surface area contributed by atoms with Crippen molar-refractivity contribution in [3.8, 4) is 5.75 Å². The summed E-state index contributed by atoms with van der Waals surface area (Å²) in [4.78, 5) is 0.107. The number of ether oxygens (including phenoxy) is 1. The summed E-state index contributed by atoms with van der Waals surface area (Å²) in [5.74, 6) is 0.299. The largest absolute Gasteiger partial charge is 0.495 e. The van der Waals surface area contributed by atoms with E-state index in [2.05, 4.69) is 22.5 Å². The van der Waals surface area contributed by atoms with Gasteiger partial charge in [0.1, 0.15) is 10.6 Å². The van der Waals surface area contributed by atoms with E-state index >= 15 is 0 Å². The molecule has 0 unspecified atom stereocenters. The third kappa shape index (κ3) is 3.34. The molecule has 2 aromatic carbocycles. The topological polar surface area (TPSA) is 46.6 Å². The van der Waals surface area contributed by atoms with Crippen molar-refractivity contribution in [2.45, 2.75) is 4.90 Å². The van der Waals surface area contributed by atoms with Crippen LogP contribution in [0.2, 0.25) is 0 Å². The Morgan fingerprint density at radius 3 is 2.50 bits per heavy atom. The maximum Gasteiger partial charge on any atom is 0.268 e. The van der Waals surface area contributed by atoms with Crippen LogP contribution in [0, 0.1) is 0 Å². The fraction of sp³-hybridized carbons (Fsp3) is 0.125. The van der Waals surface area contributed by atoms with Gasteiger partial charge in [-0.15, -0.1) is 6.58 Å². The van der Waals surface area contributed by atoms with Gasteiger partial charge in [0.25, 0.3) is 10.0 Å². The molecule has 4 nitrogen and oxygen atoms in total. The SMILES string of the molecule is C=CCN(c1ccccc1)S(=O)(=O)c1cc(Br)ccc1OC. The number of halogens is 1. The van der Waals surface area contributed by atoms with Crippen LogP contribution in [0.25, 0.3) is 0 Å². The van der Waals surface area contributed by atoms with E-state index in [1.807, 2.05) is 6.07 Å². The van der Waals surface area contributed by atoms with Crippen LogP contribution < -0.4 is 9.04 Å². The highest BCUT2D eigenvalue weighted by Gasteiger charge is 2.27. The van der Waals surface area contributed by atoms with Gasteiger partial charge in [0.2, 0.25) is 0 Å². The summed E-state index contributed by atoms with van der Waals surface area (Å²) in [5.41, 5.74) is 0.574. The molecule has 0 aromatic heterocycles. The Morgan fingerprint density at radius 1 is 1.23 bits per heavy atom. The van der Waals surface area contributed by atoms with Gasteiger partial charge in [0.05, 0.1) is 19.3 Å². The minimum atomic E-state index is -3.77. The molecule has 0 aliphatic carbocycles. The average molecular weight is 382 g/mol. The fourth-order valence-electron chi connectivity index (χ4n) is 2.02. The highest BCUT2D eigenvalue weighted by molar-refractivity contribution is 9.10. The second kappa shape index (κ2) is 6.98. The molecule has 0 bridgehead atoms. The first-order valence-electron chi connectivity index (χ1n) is 6.53. The maximum atomic E-state index is 13.0. The van der Waals surface area contributed by atoms with E-state index in [0.717, 1.165) is 0 Å². The lowest BCUT2D eigenvalue weighted by atomic mass is 10.3. The smallest absolute Gasteiger partial charge is 0.268 e. The van der Waals surface area contributed by atoms with Crippen LogP contribution in [-0.2, 0) is 10.0 Å². The molecule has 0 atom stereocenters. The molecule has 0 N–H and O–H groups in total. The first-order valence-corrected chi connectivity index (χ1v) is 8.76. The minimum absolute atomic E-state index is 0.107. The van der Waals surface area contributed by atoms with Gasteiger partial charge >= 0.3 is 0 Å². The van der Waals surface area contributed by atoms with Crippen LogP contribution in [0.3, 0.4) is 0 Å². The number of sulfonamides is 1. The lowest BCUT2D eigenvalue weighted by Gasteiger charge is -2.24. The summed E-state index contributed by atoms with van der Waals surface area (Å²) in [6, 6.07) is 13.8.